The lowest BCUT2D eigenvalue weighted by molar-refractivity contribution is 1.28. The SMILES string of the molecule is [2H]c1c([2H])c(N(c2ccc(-c3ccc4ccccc4c3-c3ccccc3)cc2)c2c([2H])c([2H])c(-c3ccc4c(ccc5ccccc54)c3)c([2H])c2[2H])c([2H])c([2H])c1-c1ccc(-c2cccc3ccccc23)cc1. The van der Waals surface area contributed by atoms with Crippen molar-refractivity contribution in [3.05, 3.63) is 261 Å². The molecule has 12 rings (SSSR count). The first-order chi connectivity index (χ1) is 35.6. The molecule has 0 aliphatic carbocycles. The van der Waals surface area contributed by atoms with Crippen molar-refractivity contribution in [2.75, 3.05) is 4.90 Å². The van der Waals surface area contributed by atoms with Crippen molar-refractivity contribution < 1.29 is 11.0 Å². The Hall–Kier alpha value is -8.52. The molecule has 0 spiro atoms. The van der Waals surface area contributed by atoms with Gasteiger partial charge in [0.1, 0.15) is 0 Å². The molecule has 0 aromatic heterocycles. The minimum Gasteiger partial charge on any atom is -0.311 e. The van der Waals surface area contributed by atoms with E-state index in [0.29, 0.717) is 16.8 Å². The van der Waals surface area contributed by atoms with Gasteiger partial charge in [-0.1, -0.05) is 218 Å². The van der Waals surface area contributed by atoms with Gasteiger partial charge in [0, 0.05) is 17.1 Å². The quantitative estimate of drug-likeness (QED) is 0.138. The van der Waals surface area contributed by atoms with Crippen LogP contribution in [-0.4, -0.2) is 0 Å². The third-order valence-electron chi connectivity index (χ3n) is 12.4. The highest BCUT2D eigenvalue weighted by atomic mass is 15.1. The molecule has 0 N–H and O–H groups in total. The summed E-state index contributed by atoms with van der Waals surface area (Å²) in [6.07, 6.45) is 0. The van der Waals surface area contributed by atoms with Crippen LogP contribution in [-0.2, 0) is 0 Å². The fourth-order valence-corrected chi connectivity index (χ4v) is 9.17. The maximum atomic E-state index is 9.72. The summed E-state index contributed by atoms with van der Waals surface area (Å²) in [5.41, 5.74) is 6.97. The van der Waals surface area contributed by atoms with Gasteiger partial charge in [0.2, 0.25) is 0 Å². The fourth-order valence-electron chi connectivity index (χ4n) is 9.17. The Morgan fingerprint density at radius 2 is 0.723 bits per heavy atom. The minimum absolute atomic E-state index is 0.0993. The number of nitrogens with zero attached hydrogens (tertiary/aromatic N) is 1. The van der Waals surface area contributed by atoms with E-state index in [4.69, 9.17) is 0 Å². The molecule has 304 valence electrons. The lowest BCUT2D eigenvalue weighted by Crippen LogP contribution is -2.09. The van der Waals surface area contributed by atoms with Gasteiger partial charge in [-0.05, 0) is 141 Å². The predicted molar refractivity (Wildman–Crippen MR) is 278 cm³/mol. The minimum atomic E-state index is -0.401. The number of hydrogen-bond donors (Lipinski definition) is 0. The Kier molecular flexibility index (Phi) is 7.66. The summed E-state index contributed by atoms with van der Waals surface area (Å²) in [6, 6.07) is 66.6. The molecule has 12 aromatic rings. The van der Waals surface area contributed by atoms with Crippen LogP contribution >= 0.6 is 0 Å². The largest absolute Gasteiger partial charge is 0.311 e. The van der Waals surface area contributed by atoms with Gasteiger partial charge in [0.25, 0.3) is 0 Å². The first-order valence-corrected chi connectivity index (χ1v) is 21.8. The van der Waals surface area contributed by atoms with Crippen LogP contribution in [0.25, 0.3) is 98.7 Å². The van der Waals surface area contributed by atoms with Crippen LogP contribution in [0, 0.1) is 0 Å². The average molecular weight is 834 g/mol. The van der Waals surface area contributed by atoms with E-state index in [9.17, 15) is 11.0 Å². The van der Waals surface area contributed by atoms with E-state index >= 15 is 0 Å². The van der Waals surface area contributed by atoms with E-state index in [1.165, 1.54) is 4.90 Å². The summed E-state index contributed by atoms with van der Waals surface area (Å²) in [6.45, 7) is 0. The molecule has 0 heterocycles. The van der Waals surface area contributed by atoms with Crippen LogP contribution in [0.5, 0.6) is 0 Å². The summed E-state index contributed by atoms with van der Waals surface area (Å²) in [5.74, 6) is 0. The third-order valence-corrected chi connectivity index (χ3v) is 12.4. The van der Waals surface area contributed by atoms with Crippen molar-refractivity contribution in [3.63, 3.8) is 0 Å². The second-order valence-electron chi connectivity index (χ2n) is 16.2. The van der Waals surface area contributed by atoms with Gasteiger partial charge in [-0.25, -0.2) is 0 Å². The van der Waals surface area contributed by atoms with E-state index in [2.05, 4.69) is 60.7 Å². The molecule has 12 aromatic carbocycles. The van der Waals surface area contributed by atoms with Gasteiger partial charge in [-0.3, -0.25) is 0 Å². The fraction of sp³-hybridized carbons (Fsp3) is 0. The molecule has 0 fully saturated rings. The first kappa shape index (κ1) is 30.5. The molecule has 65 heavy (non-hydrogen) atoms. The molecule has 0 aliphatic rings. The topological polar surface area (TPSA) is 3.24 Å². The molecular weight excluding hydrogens is 783 g/mol. The maximum Gasteiger partial charge on any atom is 0.0645 e. The number of anilines is 3. The maximum absolute atomic E-state index is 9.72. The van der Waals surface area contributed by atoms with Crippen LogP contribution in [0.4, 0.5) is 17.1 Å². The second-order valence-corrected chi connectivity index (χ2v) is 16.2. The van der Waals surface area contributed by atoms with Crippen LogP contribution in [0.2, 0.25) is 0 Å². The Morgan fingerprint density at radius 1 is 0.246 bits per heavy atom. The van der Waals surface area contributed by atoms with Crippen LogP contribution in [0.15, 0.2) is 261 Å². The van der Waals surface area contributed by atoms with Crippen molar-refractivity contribution in [1.29, 1.82) is 0 Å². The number of hydrogen-bond acceptors (Lipinski definition) is 1. The molecule has 0 aliphatic heterocycles. The number of fused-ring (bicyclic) bond motifs is 5. The van der Waals surface area contributed by atoms with Gasteiger partial charge in [-0.2, -0.15) is 0 Å². The lowest BCUT2D eigenvalue weighted by atomic mass is 9.90. The van der Waals surface area contributed by atoms with Crippen LogP contribution in [0.1, 0.15) is 11.0 Å². The van der Waals surface area contributed by atoms with Crippen molar-refractivity contribution in [1.82, 2.24) is 0 Å². The average Bonchev–Trinajstić information content (AvgIpc) is 3.43. The zero-order chi connectivity index (χ0) is 50.1. The summed E-state index contributed by atoms with van der Waals surface area (Å²) in [4.78, 5) is 1.37. The predicted octanol–water partition coefficient (Wildman–Crippen LogP) is 18.1. The lowest BCUT2D eigenvalue weighted by Gasteiger charge is -2.26. The van der Waals surface area contributed by atoms with Gasteiger partial charge in [0.15, 0.2) is 0 Å². The van der Waals surface area contributed by atoms with Crippen LogP contribution in [0.3, 0.4) is 0 Å². The smallest absolute Gasteiger partial charge is 0.0645 e. The molecule has 0 saturated carbocycles. The van der Waals surface area contributed by atoms with E-state index < -0.39 is 24.2 Å². The highest BCUT2D eigenvalue weighted by Gasteiger charge is 2.17. The summed E-state index contributed by atoms with van der Waals surface area (Å²) >= 11 is 0. The first-order valence-electron chi connectivity index (χ1n) is 25.8. The van der Waals surface area contributed by atoms with Crippen LogP contribution < -0.4 is 4.90 Å². The van der Waals surface area contributed by atoms with Crippen molar-refractivity contribution in [2.45, 2.75) is 0 Å². The molecule has 1 heteroatoms. The van der Waals surface area contributed by atoms with Crippen molar-refractivity contribution >= 4 is 60.2 Å². The van der Waals surface area contributed by atoms with E-state index in [1.807, 2.05) is 140 Å². The van der Waals surface area contributed by atoms with E-state index in [0.717, 1.165) is 76.5 Å². The molecule has 0 radical (unpaired) electrons. The Balaban J connectivity index is 1.03. The highest BCUT2D eigenvalue weighted by molar-refractivity contribution is 6.08. The van der Waals surface area contributed by atoms with Gasteiger partial charge in [0.05, 0.1) is 11.0 Å². The highest BCUT2D eigenvalue weighted by Crippen LogP contribution is 2.42. The van der Waals surface area contributed by atoms with Gasteiger partial charge < -0.3 is 4.90 Å². The number of rotatable bonds is 8. The zero-order valence-electron chi connectivity index (χ0n) is 43.2. The molecule has 1 nitrogen and oxygen atoms in total. The summed E-state index contributed by atoms with van der Waals surface area (Å²) in [7, 11) is 0. The second kappa shape index (κ2) is 16.3. The molecule has 0 atom stereocenters. The monoisotopic (exact) mass is 833 g/mol. The van der Waals surface area contributed by atoms with Gasteiger partial charge in [-0.15, -0.1) is 0 Å². The van der Waals surface area contributed by atoms with E-state index in [1.54, 1.807) is 12.1 Å². The summed E-state index contributed by atoms with van der Waals surface area (Å²) in [5, 5.41) is 8.36. The Morgan fingerprint density at radius 3 is 1.43 bits per heavy atom. The molecular formula is C64H43N. The Labute approximate surface area is 391 Å². The standard InChI is InChI=1S/C64H43N/c1-2-14-52(15-3-1)64-62-19-9-6-13-49(62)33-42-63(64)51-31-39-57(40-32-51)65(56-37-29-46(30-38-56)53-34-41-61-54(43-53)26-25-48-12-5-8-18-59(48)61)55-35-27-45(28-36-55)44-21-23-50(24-22-44)60-20-10-16-47-11-4-7-17-58(47)60/h1-43H/i27D,28D,29D,30D,35D,36D,37D,38D. The molecule has 0 bridgehead atoms. The zero-order valence-corrected chi connectivity index (χ0v) is 35.2. The molecule has 0 unspecified atom stereocenters. The van der Waals surface area contributed by atoms with Crippen molar-refractivity contribution in [3.8, 4) is 55.6 Å². The normalized spacial score (nSPS) is 13.1. The Bertz CT molecular complexity index is 4110. The van der Waals surface area contributed by atoms with E-state index in [-0.39, 0.29) is 46.7 Å². The molecule has 0 amide bonds. The summed E-state index contributed by atoms with van der Waals surface area (Å²) < 4.78 is 77.1. The number of benzene rings is 12. The van der Waals surface area contributed by atoms with Gasteiger partial charge >= 0.3 is 0 Å². The third kappa shape index (κ3) is 7.10. The van der Waals surface area contributed by atoms with Crippen molar-refractivity contribution in [2.24, 2.45) is 0 Å². The molecule has 0 saturated heterocycles.